The molecule has 7 heteroatoms. The van der Waals surface area contributed by atoms with E-state index in [4.69, 9.17) is 13.9 Å². The fraction of sp³-hybridized carbons (Fsp3) is 0.706. The molecule has 0 unspecified atom stereocenters. The molecule has 3 heterocycles. The van der Waals surface area contributed by atoms with E-state index in [0.717, 1.165) is 58.1 Å². The number of furan rings is 1. The van der Waals surface area contributed by atoms with Gasteiger partial charge in [-0.25, -0.2) is 4.79 Å². The molecular weight excluding hydrogens is 310 g/mol. The second kappa shape index (κ2) is 9.05. The zero-order valence-electron chi connectivity index (χ0n) is 14.1. The van der Waals surface area contributed by atoms with Gasteiger partial charge < -0.3 is 24.1 Å². The molecule has 0 spiro atoms. The lowest BCUT2D eigenvalue weighted by Crippen LogP contribution is -2.46. The molecule has 0 aliphatic carbocycles. The number of nitrogens with one attached hydrogen (secondary N) is 1. The average molecular weight is 337 g/mol. The third-order valence-corrected chi connectivity index (χ3v) is 4.47. The molecule has 134 valence electrons. The summed E-state index contributed by atoms with van der Waals surface area (Å²) < 4.78 is 16.4. The number of carbonyl (C=O) groups is 1. The van der Waals surface area contributed by atoms with Crippen molar-refractivity contribution in [2.24, 2.45) is 0 Å². The number of amides is 2. The lowest BCUT2D eigenvalue weighted by molar-refractivity contribution is 0.0383. The molecule has 2 amide bonds. The van der Waals surface area contributed by atoms with Crippen molar-refractivity contribution in [1.29, 1.82) is 0 Å². The zero-order chi connectivity index (χ0) is 16.6. The van der Waals surface area contributed by atoms with Gasteiger partial charge in [-0.1, -0.05) is 0 Å². The fourth-order valence-corrected chi connectivity index (χ4v) is 3.10. The highest BCUT2D eigenvalue weighted by Crippen LogP contribution is 2.15. The van der Waals surface area contributed by atoms with E-state index in [9.17, 15) is 4.79 Å². The first-order chi connectivity index (χ1) is 11.8. The van der Waals surface area contributed by atoms with E-state index in [1.807, 2.05) is 12.1 Å². The van der Waals surface area contributed by atoms with E-state index in [1.54, 1.807) is 11.2 Å². The number of ether oxygens (including phenoxy) is 2. The van der Waals surface area contributed by atoms with E-state index >= 15 is 0 Å². The summed E-state index contributed by atoms with van der Waals surface area (Å²) in [6.07, 6.45) is 3.84. The number of rotatable bonds is 7. The largest absolute Gasteiger partial charge is 0.467 e. The third kappa shape index (κ3) is 5.22. The normalized spacial score (nSPS) is 21.8. The summed E-state index contributed by atoms with van der Waals surface area (Å²) in [7, 11) is 0. The molecule has 2 saturated heterocycles. The predicted molar refractivity (Wildman–Crippen MR) is 88.7 cm³/mol. The molecule has 2 fully saturated rings. The van der Waals surface area contributed by atoms with Crippen LogP contribution in [0, 0.1) is 0 Å². The van der Waals surface area contributed by atoms with E-state index in [1.165, 1.54) is 0 Å². The van der Waals surface area contributed by atoms with Gasteiger partial charge in [-0.3, -0.25) is 4.90 Å². The molecule has 1 atom stereocenters. The predicted octanol–water partition coefficient (Wildman–Crippen LogP) is 1.30. The maximum Gasteiger partial charge on any atom is 0.317 e. The van der Waals surface area contributed by atoms with Crippen molar-refractivity contribution in [3.8, 4) is 0 Å². The second-order valence-corrected chi connectivity index (χ2v) is 6.28. The van der Waals surface area contributed by atoms with Gasteiger partial charge in [-0.15, -0.1) is 0 Å². The molecule has 0 saturated carbocycles. The number of nitrogens with zero attached hydrogens (tertiary/aromatic N) is 2. The summed E-state index contributed by atoms with van der Waals surface area (Å²) in [5.41, 5.74) is 0. The number of urea groups is 1. The van der Waals surface area contributed by atoms with Crippen LogP contribution in [0.15, 0.2) is 22.8 Å². The number of morpholine rings is 1. The minimum absolute atomic E-state index is 0.0600. The molecule has 0 bridgehead atoms. The van der Waals surface area contributed by atoms with Crippen LogP contribution >= 0.6 is 0 Å². The summed E-state index contributed by atoms with van der Waals surface area (Å²) in [6, 6.07) is 3.68. The van der Waals surface area contributed by atoms with Gasteiger partial charge in [0, 0.05) is 39.3 Å². The van der Waals surface area contributed by atoms with Crippen molar-refractivity contribution in [2.45, 2.75) is 25.5 Å². The van der Waals surface area contributed by atoms with Gasteiger partial charge in [0.05, 0.1) is 32.1 Å². The van der Waals surface area contributed by atoms with Crippen LogP contribution in [0.5, 0.6) is 0 Å². The molecule has 1 aromatic heterocycles. The molecule has 7 nitrogen and oxygen atoms in total. The van der Waals surface area contributed by atoms with Crippen LogP contribution in [-0.2, 0) is 16.0 Å². The maximum absolute atomic E-state index is 12.6. The molecule has 1 N–H and O–H groups in total. The molecule has 3 rings (SSSR count). The molecule has 2 aliphatic heterocycles. The van der Waals surface area contributed by atoms with Crippen LogP contribution in [0.2, 0.25) is 0 Å². The Bertz CT molecular complexity index is 482. The summed E-state index contributed by atoms with van der Waals surface area (Å²) in [4.78, 5) is 16.7. The zero-order valence-corrected chi connectivity index (χ0v) is 14.1. The number of carbonyl (C=O) groups excluding carboxylic acids is 1. The first-order valence-corrected chi connectivity index (χ1v) is 8.78. The van der Waals surface area contributed by atoms with Gasteiger partial charge in [0.2, 0.25) is 0 Å². The minimum Gasteiger partial charge on any atom is -0.467 e. The highest BCUT2D eigenvalue weighted by molar-refractivity contribution is 5.74. The van der Waals surface area contributed by atoms with Crippen LogP contribution in [0.4, 0.5) is 4.79 Å². The molecule has 24 heavy (non-hydrogen) atoms. The first-order valence-electron chi connectivity index (χ1n) is 8.78. The quantitative estimate of drug-likeness (QED) is 0.812. The monoisotopic (exact) mass is 337 g/mol. The topological polar surface area (TPSA) is 67.2 Å². The van der Waals surface area contributed by atoms with Crippen molar-refractivity contribution in [3.63, 3.8) is 0 Å². The average Bonchev–Trinajstić information content (AvgIpc) is 3.29. The van der Waals surface area contributed by atoms with Gasteiger partial charge >= 0.3 is 6.03 Å². The van der Waals surface area contributed by atoms with Crippen LogP contribution in [-0.4, -0.2) is 74.5 Å². The number of hydrogen-bond donors (Lipinski definition) is 1. The van der Waals surface area contributed by atoms with E-state index < -0.39 is 0 Å². The summed E-state index contributed by atoms with van der Waals surface area (Å²) in [5.74, 6) is 0.788. The highest BCUT2D eigenvalue weighted by Gasteiger charge is 2.23. The van der Waals surface area contributed by atoms with Gasteiger partial charge in [0.15, 0.2) is 0 Å². The fourth-order valence-electron chi connectivity index (χ4n) is 3.10. The molecule has 1 aromatic rings. The van der Waals surface area contributed by atoms with Gasteiger partial charge in [0.25, 0.3) is 0 Å². The van der Waals surface area contributed by atoms with Crippen molar-refractivity contribution < 1.29 is 18.7 Å². The molecular formula is C17H27N3O4. The van der Waals surface area contributed by atoms with Crippen LogP contribution in [0.3, 0.4) is 0 Å². The van der Waals surface area contributed by atoms with Gasteiger partial charge in [-0.05, 0) is 25.0 Å². The Morgan fingerprint density at radius 3 is 2.92 bits per heavy atom. The smallest absolute Gasteiger partial charge is 0.317 e. The SMILES string of the molecule is O=C(NCCN1CCOCC1)N(Cc1ccco1)C[C@@H]1CCCO1. The Kier molecular flexibility index (Phi) is 6.51. The van der Waals surface area contributed by atoms with Crippen molar-refractivity contribution in [2.75, 3.05) is 52.5 Å². The van der Waals surface area contributed by atoms with Crippen molar-refractivity contribution >= 4 is 6.03 Å². The standard InChI is InChI=1S/C17H27N3O4/c21-17(18-5-6-19-7-11-22-12-8-19)20(13-15-3-1-9-23-15)14-16-4-2-10-24-16/h1,3,9,16H,2,4-8,10-14H2,(H,18,21)/t16-/m0/s1. The van der Waals surface area contributed by atoms with E-state index in [2.05, 4.69) is 10.2 Å². The molecule has 2 aliphatic rings. The van der Waals surface area contributed by atoms with Gasteiger partial charge in [0.1, 0.15) is 5.76 Å². The Labute approximate surface area is 142 Å². The summed E-state index contributed by atoms with van der Waals surface area (Å²) >= 11 is 0. The van der Waals surface area contributed by atoms with Crippen LogP contribution in [0.25, 0.3) is 0 Å². The lowest BCUT2D eigenvalue weighted by atomic mass is 10.2. The van der Waals surface area contributed by atoms with E-state index in [-0.39, 0.29) is 12.1 Å². The molecule has 0 radical (unpaired) electrons. The third-order valence-electron chi connectivity index (χ3n) is 4.47. The van der Waals surface area contributed by atoms with E-state index in [0.29, 0.717) is 19.6 Å². The van der Waals surface area contributed by atoms with Crippen LogP contribution < -0.4 is 5.32 Å². The Hall–Kier alpha value is -1.57. The lowest BCUT2D eigenvalue weighted by Gasteiger charge is -2.28. The minimum atomic E-state index is -0.0600. The Morgan fingerprint density at radius 2 is 2.21 bits per heavy atom. The first kappa shape index (κ1) is 17.3. The highest BCUT2D eigenvalue weighted by atomic mass is 16.5. The van der Waals surface area contributed by atoms with Crippen molar-refractivity contribution in [3.05, 3.63) is 24.2 Å². The number of hydrogen-bond acceptors (Lipinski definition) is 5. The Morgan fingerprint density at radius 1 is 1.33 bits per heavy atom. The Balaban J connectivity index is 1.47. The summed E-state index contributed by atoms with van der Waals surface area (Å²) in [5, 5.41) is 3.02. The van der Waals surface area contributed by atoms with Crippen LogP contribution in [0.1, 0.15) is 18.6 Å². The summed E-state index contributed by atoms with van der Waals surface area (Å²) in [6.45, 7) is 6.76. The van der Waals surface area contributed by atoms with Crippen molar-refractivity contribution in [1.82, 2.24) is 15.1 Å². The second-order valence-electron chi connectivity index (χ2n) is 6.28. The molecule has 0 aromatic carbocycles. The maximum atomic E-state index is 12.6. The van der Waals surface area contributed by atoms with Gasteiger partial charge in [-0.2, -0.15) is 0 Å².